The van der Waals surface area contributed by atoms with Crippen LogP contribution in [0.4, 0.5) is 0 Å². The number of benzene rings is 1. The molecule has 4 aromatic rings. The first-order valence-corrected chi connectivity index (χ1v) is 9.01. The quantitative estimate of drug-likeness (QED) is 0.582. The Morgan fingerprint density at radius 3 is 2.67 bits per heavy atom. The Morgan fingerprint density at radius 1 is 1.22 bits per heavy atom. The fourth-order valence-electron chi connectivity index (χ4n) is 3.22. The number of fused-ring (bicyclic) bond motifs is 3. The first kappa shape index (κ1) is 17.4. The van der Waals surface area contributed by atoms with Gasteiger partial charge in [-0.25, -0.2) is 4.98 Å². The Bertz CT molecular complexity index is 1170. The minimum atomic E-state index is -0.280. The van der Waals surface area contributed by atoms with E-state index in [9.17, 15) is 9.90 Å². The Hall–Kier alpha value is -3.00. The summed E-state index contributed by atoms with van der Waals surface area (Å²) in [6.45, 7) is 5.76. The Kier molecular flexibility index (Phi) is 4.27. The van der Waals surface area contributed by atoms with Crippen molar-refractivity contribution in [3.05, 3.63) is 46.8 Å². The summed E-state index contributed by atoms with van der Waals surface area (Å²) in [5.74, 6) is 0.283. The van der Waals surface area contributed by atoms with Gasteiger partial charge in [-0.05, 0) is 25.5 Å². The van der Waals surface area contributed by atoms with Crippen molar-refractivity contribution in [2.75, 3.05) is 6.61 Å². The molecule has 0 aliphatic carbocycles. The molecule has 0 aliphatic heterocycles. The van der Waals surface area contributed by atoms with Gasteiger partial charge in [0.05, 0.1) is 23.6 Å². The smallest absolute Gasteiger partial charge is 0.278 e. The van der Waals surface area contributed by atoms with Gasteiger partial charge in [-0.3, -0.25) is 9.20 Å². The number of imidazole rings is 1. The zero-order valence-corrected chi connectivity index (χ0v) is 15.5. The van der Waals surface area contributed by atoms with E-state index in [1.165, 1.54) is 0 Å². The summed E-state index contributed by atoms with van der Waals surface area (Å²) in [5.41, 5.74) is 2.40. The van der Waals surface area contributed by atoms with Crippen molar-refractivity contribution < 1.29 is 9.63 Å². The Morgan fingerprint density at radius 2 is 1.96 bits per heavy atom. The van der Waals surface area contributed by atoms with E-state index in [2.05, 4.69) is 22.0 Å². The average molecular weight is 367 g/mol. The molecule has 27 heavy (non-hydrogen) atoms. The summed E-state index contributed by atoms with van der Waals surface area (Å²) >= 11 is 0. The van der Waals surface area contributed by atoms with E-state index in [1.54, 1.807) is 22.2 Å². The van der Waals surface area contributed by atoms with Gasteiger partial charge in [0.15, 0.2) is 0 Å². The minimum Gasteiger partial charge on any atom is -0.396 e. The molecular formula is C19H21N5O3. The molecule has 0 radical (unpaired) electrons. The number of nitrogens with zero attached hydrogens (tertiary/aromatic N) is 5. The lowest BCUT2D eigenvalue weighted by Gasteiger charge is -2.17. The largest absolute Gasteiger partial charge is 0.396 e. The molecule has 3 heterocycles. The van der Waals surface area contributed by atoms with Crippen LogP contribution in [0, 0.1) is 0 Å². The lowest BCUT2D eigenvalue weighted by Crippen LogP contribution is -2.25. The summed E-state index contributed by atoms with van der Waals surface area (Å²) in [7, 11) is 0. The maximum Gasteiger partial charge on any atom is 0.278 e. The van der Waals surface area contributed by atoms with E-state index in [4.69, 9.17) is 4.52 Å². The van der Waals surface area contributed by atoms with Gasteiger partial charge in [0.25, 0.3) is 5.56 Å². The molecular weight excluding hydrogens is 346 g/mol. The molecule has 0 saturated heterocycles. The molecule has 3 aromatic heterocycles. The number of hydrogen-bond donors (Lipinski definition) is 1. The van der Waals surface area contributed by atoms with Crippen LogP contribution in [0.5, 0.6) is 0 Å². The molecule has 0 aliphatic rings. The maximum absolute atomic E-state index is 13.4. The van der Waals surface area contributed by atoms with Crippen LogP contribution in [-0.4, -0.2) is 35.8 Å². The van der Waals surface area contributed by atoms with Crippen LogP contribution in [0.1, 0.15) is 45.0 Å². The highest BCUT2D eigenvalue weighted by atomic mass is 16.5. The first-order chi connectivity index (χ1) is 13.1. The predicted molar refractivity (Wildman–Crippen MR) is 101 cm³/mol. The lowest BCUT2D eigenvalue weighted by atomic mass is 10.2. The highest BCUT2D eigenvalue weighted by Gasteiger charge is 2.23. The van der Waals surface area contributed by atoms with Crippen molar-refractivity contribution >= 4 is 16.6 Å². The van der Waals surface area contributed by atoms with Crippen molar-refractivity contribution in [1.82, 2.24) is 24.1 Å². The predicted octanol–water partition coefficient (Wildman–Crippen LogP) is 2.77. The van der Waals surface area contributed by atoms with Gasteiger partial charge >= 0.3 is 0 Å². The number of rotatable bonds is 5. The third kappa shape index (κ3) is 2.64. The van der Waals surface area contributed by atoms with Crippen LogP contribution in [0.3, 0.4) is 0 Å². The topological polar surface area (TPSA) is 98.5 Å². The maximum atomic E-state index is 13.4. The number of aromatic nitrogens is 5. The first-order valence-electron chi connectivity index (χ1n) is 9.01. The molecule has 1 aromatic carbocycles. The average Bonchev–Trinajstić information content (AvgIpc) is 3.34. The van der Waals surface area contributed by atoms with Crippen LogP contribution >= 0.6 is 0 Å². The summed E-state index contributed by atoms with van der Waals surface area (Å²) in [6.07, 6.45) is 2.44. The number of hydrogen-bond acceptors (Lipinski definition) is 6. The summed E-state index contributed by atoms with van der Waals surface area (Å²) in [5, 5.41) is 13.3. The third-order valence-electron chi connectivity index (χ3n) is 4.97. The molecule has 4 rings (SSSR count). The number of aliphatic hydroxyl groups is 1. The molecule has 0 bridgehead atoms. The van der Waals surface area contributed by atoms with Gasteiger partial charge in [0.1, 0.15) is 17.5 Å². The molecule has 8 nitrogen and oxygen atoms in total. The van der Waals surface area contributed by atoms with Crippen LogP contribution in [-0.2, 0) is 0 Å². The fraction of sp³-hybridized carbons (Fsp3) is 0.368. The number of para-hydroxylation sites is 2. The van der Waals surface area contributed by atoms with Crippen LogP contribution in [0.25, 0.3) is 28.1 Å². The summed E-state index contributed by atoms with van der Waals surface area (Å²) in [6, 6.07) is 7.79. The minimum absolute atomic E-state index is 0.0328. The van der Waals surface area contributed by atoms with E-state index in [0.717, 1.165) is 17.5 Å². The molecule has 2 atom stereocenters. The monoisotopic (exact) mass is 367 g/mol. The van der Waals surface area contributed by atoms with Crippen molar-refractivity contribution in [2.45, 2.75) is 39.2 Å². The Labute approximate surface area is 155 Å². The lowest BCUT2D eigenvalue weighted by molar-refractivity contribution is 0.242. The molecule has 2 unspecified atom stereocenters. The second-order valence-corrected chi connectivity index (χ2v) is 6.77. The molecule has 0 spiro atoms. The van der Waals surface area contributed by atoms with Crippen molar-refractivity contribution in [2.24, 2.45) is 0 Å². The van der Waals surface area contributed by atoms with Gasteiger partial charge in [-0.15, -0.1) is 0 Å². The SMILES string of the molecule is CCC(C)n1c(=O)c2c(-c3noc(C(C)CO)n3)ncn2c2ccccc21. The van der Waals surface area contributed by atoms with Gasteiger partial charge < -0.3 is 14.2 Å². The van der Waals surface area contributed by atoms with Crippen LogP contribution < -0.4 is 5.56 Å². The van der Waals surface area contributed by atoms with Gasteiger partial charge in [-0.1, -0.05) is 31.1 Å². The van der Waals surface area contributed by atoms with Crippen molar-refractivity contribution in [3.63, 3.8) is 0 Å². The summed E-state index contributed by atoms with van der Waals surface area (Å²) < 4.78 is 8.81. The van der Waals surface area contributed by atoms with E-state index in [0.29, 0.717) is 17.1 Å². The molecule has 8 heteroatoms. The van der Waals surface area contributed by atoms with E-state index >= 15 is 0 Å². The molecule has 1 N–H and O–H groups in total. The zero-order valence-electron chi connectivity index (χ0n) is 15.5. The highest BCUT2D eigenvalue weighted by Crippen LogP contribution is 2.25. The molecule has 0 amide bonds. The highest BCUT2D eigenvalue weighted by molar-refractivity contribution is 5.83. The number of aliphatic hydroxyl groups excluding tert-OH is 1. The molecule has 140 valence electrons. The second kappa shape index (κ2) is 6.62. The van der Waals surface area contributed by atoms with Crippen molar-refractivity contribution in [3.8, 4) is 11.5 Å². The fourth-order valence-corrected chi connectivity index (χ4v) is 3.22. The van der Waals surface area contributed by atoms with Gasteiger partial charge in [0.2, 0.25) is 11.7 Å². The van der Waals surface area contributed by atoms with Gasteiger partial charge in [0, 0.05) is 6.04 Å². The molecule has 0 fully saturated rings. The third-order valence-corrected chi connectivity index (χ3v) is 4.97. The van der Waals surface area contributed by atoms with E-state index in [-0.39, 0.29) is 30.0 Å². The van der Waals surface area contributed by atoms with Gasteiger partial charge in [-0.2, -0.15) is 4.98 Å². The second-order valence-electron chi connectivity index (χ2n) is 6.77. The van der Waals surface area contributed by atoms with E-state index in [1.807, 2.05) is 31.2 Å². The Balaban J connectivity index is 2.04. The van der Waals surface area contributed by atoms with E-state index < -0.39 is 0 Å². The zero-order chi connectivity index (χ0) is 19.1. The van der Waals surface area contributed by atoms with Crippen LogP contribution in [0.15, 0.2) is 39.9 Å². The molecule has 0 saturated carbocycles. The summed E-state index contributed by atoms with van der Waals surface area (Å²) in [4.78, 5) is 22.1. The van der Waals surface area contributed by atoms with Crippen LogP contribution in [0.2, 0.25) is 0 Å². The standard InChI is InChI=1S/C19H21N5O3/c1-4-12(3)24-14-8-6-5-7-13(14)23-10-20-15(16(23)19(24)26)17-21-18(27-22-17)11(2)9-25/h5-8,10-12,25H,4,9H2,1-3H3. The normalized spacial score (nSPS) is 14.1. The van der Waals surface area contributed by atoms with Crippen molar-refractivity contribution in [1.29, 1.82) is 0 Å².